The fraction of sp³-hybridized carbons (Fsp3) is 0.552. The Labute approximate surface area is 204 Å². The molecule has 0 aromatic heterocycles. The standard InChI is InChI=1S/C29H38N2O3/c1-31(19-22-11-12-22)16-15-29(24-9-6-10-27(17-24)33-2)18-26(14-13-25(29)20-31)30-28(32)34-21-23-7-4-3-5-8-23/h3-10,17,22,25-26H,11-16,18-21H2,1-2H3/p+1/t25?,26-,29-,31+/m0/s1. The van der Waals surface area contributed by atoms with Gasteiger partial charge in [-0.1, -0.05) is 42.5 Å². The van der Waals surface area contributed by atoms with Crippen LogP contribution in [-0.2, 0) is 16.8 Å². The smallest absolute Gasteiger partial charge is 0.407 e. The second-order valence-electron chi connectivity index (χ2n) is 11.2. The summed E-state index contributed by atoms with van der Waals surface area (Å²) in [5, 5.41) is 3.21. The highest BCUT2D eigenvalue weighted by Crippen LogP contribution is 2.51. The minimum Gasteiger partial charge on any atom is -0.497 e. The average molecular weight is 464 g/mol. The summed E-state index contributed by atoms with van der Waals surface area (Å²) in [7, 11) is 4.21. The molecule has 5 nitrogen and oxygen atoms in total. The third-order valence-electron chi connectivity index (χ3n) is 8.59. The van der Waals surface area contributed by atoms with Crippen LogP contribution < -0.4 is 10.1 Å². The van der Waals surface area contributed by atoms with Gasteiger partial charge in [-0.2, -0.15) is 0 Å². The maximum Gasteiger partial charge on any atom is 0.407 e. The van der Waals surface area contributed by atoms with Crippen molar-refractivity contribution in [1.82, 2.24) is 5.32 Å². The van der Waals surface area contributed by atoms with Gasteiger partial charge in [-0.15, -0.1) is 0 Å². The van der Waals surface area contributed by atoms with Gasteiger partial charge in [0.05, 0.1) is 33.8 Å². The molecule has 34 heavy (non-hydrogen) atoms. The molecule has 1 heterocycles. The Hall–Kier alpha value is -2.53. The number of amides is 1. The summed E-state index contributed by atoms with van der Waals surface area (Å²) in [5.41, 5.74) is 2.46. The minimum absolute atomic E-state index is 0.0749. The number of nitrogens with one attached hydrogen (secondary N) is 1. The van der Waals surface area contributed by atoms with Gasteiger partial charge < -0.3 is 19.3 Å². The first-order valence-electron chi connectivity index (χ1n) is 12.9. The molecule has 4 atom stereocenters. The van der Waals surface area contributed by atoms with Crippen LogP contribution >= 0.6 is 0 Å². The van der Waals surface area contributed by atoms with Crippen LogP contribution in [0.2, 0.25) is 0 Å². The number of fused-ring (bicyclic) bond motifs is 1. The lowest BCUT2D eigenvalue weighted by Gasteiger charge is -2.55. The molecule has 1 amide bonds. The molecular weight excluding hydrogens is 424 g/mol. The maximum absolute atomic E-state index is 12.7. The van der Waals surface area contributed by atoms with Crippen molar-refractivity contribution in [2.75, 3.05) is 33.8 Å². The molecule has 2 saturated carbocycles. The number of quaternary nitrogens is 1. The van der Waals surface area contributed by atoms with Gasteiger partial charge in [0.25, 0.3) is 0 Å². The van der Waals surface area contributed by atoms with Crippen molar-refractivity contribution in [1.29, 1.82) is 0 Å². The van der Waals surface area contributed by atoms with Crippen LogP contribution in [0.4, 0.5) is 4.79 Å². The molecule has 0 bridgehead atoms. The number of ether oxygens (including phenoxy) is 2. The lowest BCUT2D eigenvalue weighted by molar-refractivity contribution is -0.921. The van der Waals surface area contributed by atoms with Gasteiger partial charge in [-0.05, 0) is 55.4 Å². The Morgan fingerprint density at radius 1 is 1.09 bits per heavy atom. The van der Waals surface area contributed by atoms with Crippen molar-refractivity contribution < 1.29 is 18.8 Å². The molecule has 1 N–H and O–H groups in total. The van der Waals surface area contributed by atoms with E-state index in [0.717, 1.165) is 42.9 Å². The van der Waals surface area contributed by atoms with E-state index >= 15 is 0 Å². The fourth-order valence-electron chi connectivity index (χ4n) is 6.63. The highest BCUT2D eigenvalue weighted by Gasteiger charge is 2.53. The zero-order valence-corrected chi connectivity index (χ0v) is 20.7. The van der Waals surface area contributed by atoms with Gasteiger partial charge in [0.1, 0.15) is 12.4 Å². The first kappa shape index (κ1) is 23.2. The van der Waals surface area contributed by atoms with Crippen molar-refractivity contribution in [3.63, 3.8) is 0 Å². The van der Waals surface area contributed by atoms with E-state index in [9.17, 15) is 4.79 Å². The maximum atomic E-state index is 12.7. The number of nitrogens with zero attached hydrogens (tertiary/aromatic N) is 1. The highest BCUT2D eigenvalue weighted by molar-refractivity contribution is 5.67. The molecule has 1 unspecified atom stereocenters. The van der Waals surface area contributed by atoms with Crippen LogP contribution in [0.5, 0.6) is 5.75 Å². The molecular formula is C29H39N2O3+. The number of methoxy groups -OCH3 is 1. The molecule has 1 aliphatic heterocycles. The van der Waals surface area contributed by atoms with Crippen LogP contribution in [0.25, 0.3) is 0 Å². The van der Waals surface area contributed by atoms with Gasteiger partial charge in [0.15, 0.2) is 0 Å². The number of benzene rings is 2. The minimum atomic E-state index is -0.307. The summed E-state index contributed by atoms with van der Waals surface area (Å²) in [6.45, 7) is 4.08. The van der Waals surface area contributed by atoms with Crippen molar-refractivity contribution in [3.8, 4) is 5.75 Å². The molecule has 0 spiro atoms. The Bertz CT molecular complexity index is 992. The van der Waals surface area contributed by atoms with Crippen molar-refractivity contribution in [2.24, 2.45) is 11.8 Å². The molecule has 182 valence electrons. The van der Waals surface area contributed by atoms with Crippen molar-refractivity contribution >= 4 is 6.09 Å². The number of carbonyl (C=O) groups is 1. The predicted octanol–water partition coefficient (Wildman–Crippen LogP) is 5.29. The average Bonchev–Trinajstić information content (AvgIpc) is 3.67. The van der Waals surface area contributed by atoms with Crippen LogP contribution in [-0.4, -0.2) is 50.4 Å². The molecule has 2 aromatic carbocycles. The third-order valence-corrected chi connectivity index (χ3v) is 8.59. The van der Waals surface area contributed by atoms with E-state index in [1.165, 1.54) is 42.5 Å². The Balaban J connectivity index is 1.31. The summed E-state index contributed by atoms with van der Waals surface area (Å²) < 4.78 is 12.4. The van der Waals surface area contributed by atoms with Crippen LogP contribution in [0.1, 0.15) is 49.7 Å². The number of likely N-dealkylation sites (tertiary alicyclic amines) is 1. The molecule has 3 fully saturated rings. The third kappa shape index (κ3) is 5.10. The number of carbonyl (C=O) groups excluding carboxylic acids is 1. The normalized spacial score (nSPS) is 30.8. The molecule has 2 aliphatic carbocycles. The quantitative estimate of drug-likeness (QED) is 0.568. The largest absolute Gasteiger partial charge is 0.497 e. The topological polar surface area (TPSA) is 47.6 Å². The van der Waals surface area contributed by atoms with E-state index in [1.807, 2.05) is 36.4 Å². The first-order valence-corrected chi connectivity index (χ1v) is 12.9. The SMILES string of the molecule is COc1cccc([C@@]23CC[N@+](C)(CC4CC4)CC2CC[C@H](NC(=O)OCc2ccccc2)C3)c1. The molecule has 3 aliphatic rings. The Kier molecular flexibility index (Phi) is 6.57. The summed E-state index contributed by atoms with van der Waals surface area (Å²) in [6.07, 6.45) is 6.80. The van der Waals surface area contributed by atoms with Gasteiger partial charge in [-0.3, -0.25) is 0 Å². The first-order chi connectivity index (χ1) is 16.5. The zero-order chi connectivity index (χ0) is 23.6. The molecule has 5 heteroatoms. The van der Waals surface area contributed by atoms with Crippen LogP contribution in [0.15, 0.2) is 54.6 Å². The number of alkyl carbamates (subject to hydrolysis) is 1. The summed E-state index contributed by atoms with van der Waals surface area (Å²) in [6, 6.07) is 18.7. The number of piperidine rings is 1. The summed E-state index contributed by atoms with van der Waals surface area (Å²) >= 11 is 0. The number of hydrogen-bond acceptors (Lipinski definition) is 3. The van der Waals surface area contributed by atoms with Crippen molar-refractivity contribution in [2.45, 2.75) is 56.6 Å². The molecule has 5 rings (SSSR count). The van der Waals surface area contributed by atoms with Crippen LogP contribution in [0.3, 0.4) is 0 Å². The van der Waals surface area contributed by atoms with Gasteiger partial charge in [0.2, 0.25) is 0 Å². The molecule has 1 saturated heterocycles. The lowest BCUT2D eigenvalue weighted by atomic mass is 9.57. The zero-order valence-electron chi connectivity index (χ0n) is 20.7. The number of hydrogen-bond donors (Lipinski definition) is 1. The summed E-state index contributed by atoms with van der Waals surface area (Å²) in [4.78, 5) is 12.7. The Morgan fingerprint density at radius 2 is 1.91 bits per heavy atom. The van der Waals surface area contributed by atoms with E-state index in [0.29, 0.717) is 12.5 Å². The number of rotatable bonds is 7. The fourth-order valence-corrected chi connectivity index (χ4v) is 6.63. The van der Waals surface area contributed by atoms with E-state index in [1.54, 1.807) is 7.11 Å². The van der Waals surface area contributed by atoms with Gasteiger partial charge in [0, 0.05) is 29.7 Å². The van der Waals surface area contributed by atoms with E-state index < -0.39 is 0 Å². The van der Waals surface area contributed by atoms with E-state index in [4.69, 9.17) is 9.47 Å². The van der Waals surface area contributed by atoms with Gasteiger partial charge >= 0.3 is 6.09 Å². The Morgan fingerprint density at radius 3 is 2.68 bits per heavy atom. The van der Waals surface area contributed by atoms with Crippen LogP contribution in [0, 0.1) is 11.8 Å². The summed E-state index contributed by atoms with van der Waals surface area (Å²) in [5.74, 6) is 2.48. The monoisotopic (exact) mass is 463 g/mol. The van der Waals surface area contributed by atoms with E-state index in [-0.39, 0.29) is 17.6 Å². The van der Waals surface area contributed by atoms with Crippen molar-refractivity contribution in [3.05, 3.63) is 65.7 Å². The molecule has 0 radical (unpaired) electrons. The lowest BCUT2D eigenvalue weighted by Crippen LogP contribution is -2.62. The molecule has 2 aromatic rings. The highest BCUT2D eigenvalue weighted by atomic mass is 16.5. The predicted molar refractivity (Wildman–Crippen MR) is 134 cm³/mol. The second kappa shape index (κ2) is 9.61. The second-order valence-corrected chi connectivity index (χ2v) is 11.2. The van der Waals surface area contributed by atoms with E-state index in [2.05, 4.69) is 30.6 Å². The van der Waals surface area contributed by atoms with Gasteiger partial charge in [-0.25, -0.2) is 4.79 Å².